The summed E-state index contributed by atoms with van der Waals surface area (Å²) in [5.74, 6) is 2.27. The van der Waals surface area contributed by atoms with Crippen LogP contribution in [0.3, 0.4) is 0 Å². The number of furan rings is 1. The summed E-state index contributed by atoms with van der Waals surface area (Å²) in [6.45, 7) is 4.51. The number of allylic oxidation sites excluding steroid dienone is 1. The molecular formula is C24H21NO3. The van der Waals surface area contributed by atoms with Crippen LogP contribution in [0.2, 0.25) is 0 Å². The summed E-state index contributed by atoms with van der Waals surface area (Å²) in [6, 6.07) is 20.2. The lowest BCUT2D eigenvalue weighted by atomic mass is 10.0. The van der Waals surface area contributed by atoms with Crippen molar-refractivity contribution in [3.8, 4) is 11.8 Å². The maximum absolute atomic E-state index is 12.3. The van der Waals surface area contributed by atoms with Crippen molar-refractivity contribution in [1.29, 1.82) is 5.26 Å². The van der Waals surface area contributed by atoms with Crippen LogP contribution < -0.4 is 4.74 Å². The number of ketones is 1. The zero-order chi connectivity index (χ0) is 19.9. The average Bonchev–Trinajstić information content (AvgIpc) is 3.19. The molecule has 0 N–H and O–H groups in total. The van der Waals surface area contributed by atoms with E-state index in [1.807, 2.05) is 30.3 Å². The fourth-order valence-electron chi connectivity index (χ4n) is 2.63. The first kappa shape index (κ1) is 19.2. The Morgan fingerprint density at radius 3 is 2.43 bits per heavy atom. The Bertz CT molecular complexity index is 1000. The summed E-state index contributed by atoms with van der Waals surface area (Å²) in [7, 11) is 0. The molecule has 0 fully saturated rings. The van der Waals surface area contributed by atoms with E-state index in [0.717, 1.165) is 0 Å². The highest BCUT2D eigenvalue weighted by Crippen LogP contribution is 2.17. The summed E-state index contributed by atoms with van der Waals surface area (Å²) in [5.41, 5.74) is 2.44. The maximum Gasteiger partial charge on any atom is 0.185 e. The third-order valence-corrected chi connectivity index (χ3v) is 4.31. The normalized spacial score (nSPS) is 10.9. The van der Waals surface area contributed by atoms with E-state index in [9.17, 15) is 4.79 Å². The number of nitrogens with zero attached hydrogens (tertiary/aromatic N) is 1. The predicted molar refractivity (Wildman–Crippen MR) is 108 cm³/mol. The van der Waals surface area contributed by atoms with Gasteiger partial charge >= 0.3 is 0 Å². The van der Waals surface area contributed by atoms with Gasteiger partial charge in [0.1, 0.15) is 23.9 Å². The van der Waals surface area contributed by atoms with Crippen LogP contribution in [0.1, 0.15) is 52.8 Å². The Labute approximate surface area is 164 Å². The molecule has 3 aromatic rings. The summed E-state index contributed by atoms with van der Waals surface area (Å²) < 4.78 is 11.3. The molecule has 1 heterocycles. The molecule has 0 radical (unpaired) electrons. The van der Waals surface area contributed by atoms with Gasteiger partial charge in [-0.2, -0.15) is 5.26 Å². The second kappa shape index (κ2) is 8.88. The topological polar surface area (TPSA) is 63.2 Å². The average molecular weight is 371 g/mol. The molecule has 4 heteroatoms. The van der Waals surface area contributed by atoms with Gasteiger partial charge in [-0.3, -0.25) is 4.79 Å². The molecular weight excluding hydrogens is 350 g/mol. The molecule has 2 aromatic carbocycles. The molecule has 1 aromatic heterocycles. The van der Waals surface area contributed by atoms with Crippen LogP contribution in [0.15, 0.2) is 71.2 Å². The number of rotatable bonds is 7. The van der Waals surface area contributed by atoms with Gasteiger partial charge in [0, 0.05) is 5.56 Å². The highest BCUT2D eigenvalue weighted by atomic mass is 16.5. The van der Waals surface area contributed by atoms with E-state index in [4.69, 9.17) is 14.4 Å². The molecule has 0 spiro atoms. The molecule has 0 atom stereocenters. The van der Waals surface area contributed by atoms with E-state index >= 15 is 0 Å². The van der Waals surface area contributed by atoms with Crippen LogP contribution in [0, 0.1) is 11.3 Å². The lowest BCUT2D eigenvalue weighted by Gasteiger charge is -2.05. The maximum atomic E-state index is 12.3. The Morgan fingerprint density at radius 2 is 1.79 bits per heavy atom. The van der Waals surface area contributed by atoms with Crippen molar-refractivity contribution in [3.63, 3.8) is 0 Å². The molecule has 3 rings (SSSR count). The van der Waals surface area contributed by atoms with Crippen LogP contribution in [0.25, 0.3) is 6.08 Å². The first-order valence-corrected chi connectivity index (χ1v) is 9.09. The molecule has 0 saturated heterocycles. The quantitative estimate of drug-likeness (QED) is 0.392. The van der Waals surface area contributed by atoms with Crippen molar-refractivity contribution in [1.82, 2.24) is 0 Å². The molecule has 0 aliphatic carbocycles. The van der Waals surface area contributed by atoms with E-state index in [-0.39, 0.29) is 12.4 Å². The molecule has 4 nitrogen and oxygen atoms in total. The monoisotopic (exact) mass is 371 g/mol. The van der Waals surface area contributed by atoms with Gasteiger partial charge in [-0.15, -0.1) is 0 Å². The summed E-state index contributed by atoms with van der Waals surface area (Å²) in [5, 5.41) is 8.80. The van der Waals surface area contributed by atoms with Crippen LogP contribution in [0.4, 0.5) is 0 Å². The van der Waals surface area contributed by atoms with Crippen molar-refractivity contribution in [2.75, 3.05) is 0 Å². The first-order valence-electron chi connectivity index (χ1n) is 9.09. The van der Waals surface area contributed by atoms with Crippen molar-refractivity contribution in [2.45, 2.75) is 26.4 Å². The van der Waals surface area contributed by atoms with E-state index in [0.29, 0.717) is 34.3 Å². The zero-order valence-corrected chi connectivity index (χ0v) is 15.9. The number of ether oxygens (including phenoxy) is 1. The first-order chi connectivity index (χ1) is 13.5. The van der Waals surface area contributed by atoms with E-state index in [1.165, 1.54) is 11.6 Å². The van der Waals surface area contributed by atoms with Gasteiger partial charge in [-0.1, -0.05) is 38.1 Å². The zero-order valence-electron chi connectivity index (χ0n) is 15.9. The van der Waals surface area contributed by atoms with Crippen LogP contribution in [0.5, 0.6) is 5.75 Å². The highest BCUT2D eigenvalue weighted by molar-refractivity contribution is 6.06. The Morgan fingerprint density at radius 1 is 1.07 bits per heavy atom. The molecule has 0 amide bonds. The lowest BCUT2D eigenvalue weighted by molar-refractivity contribution is 0.104. The third-order valence-electron chi connectivity index (χ3n) is 4.31. The van der Waals surface area contributed by atoms with Gasteiger partial charge in [0.2, 0.25) is 0 Å². The minimum atomic E-state index is -0.0675. The van der Waals surface area contributed by atoms with Gasteiger partial charge < -0.3 is 9.15 Å². The van der Waals surface area contributed by atoms with Gasteiger partial charge in [-0.05, 0) is 60.0 Å². The van der Waals surface area contributed by atoms with Crippen LogP contribution in [-0.2, 0) is 6.61 Å². The van der Waals surface area contributed by atoms with Crippen molar-refractivity contribution >= 4 is 11.9 Å². The molecule has 0 aliphatic rings. The molecule has 0 unspecified atom stereocenters. The lowest BCUT2D eigenvalue weighted by Crippen LogP contribution is -1.95. The Hall–Kier alpha value is -3.58. The Kier molecular flexibility index (Phi) is 6.08. The van der Waals surface area contributed by atoms with Crippen molar-refractivity contribution < 1.29 is 13.9 Å². The summed E-state index contributed by atoms with van der Waals surface area (Å²) in [4.78, 5) is 12.3. The number of carbonyl (C=O) groups is 1. The predicted octanol–water partition coefficient (Wildman–Crippen LogP) is 5.75. The fraction of sp³-hybridized carbons (Fsp3) is 0.167. The SMILES string of the molecule is CC(C)c1ccc(C(=O)/C=C/c2ccc(COc3ccc(C#N)cc3)o2)cc1. The molecule has 0 saturated carbocycles. The van der Waals surface area contributed by atoms with Gasteiger partial charge in [0.15, 0.2) is 5.78 Å². The minimum absolute atomic E-state index is 0.0675. The highest BCUT2D eigenvalue weighted by Gasteiger charge is 2.05. The van der Waals surface area contributed by atoms with Crippen molar-refractivity contribution in [3.05, 3.63) is 95.0 Å². The molecule has 28 heavy (non-hydrogen) atoms. The van der Waals surface area contributed by atoms with Crippen LogP contribution in [-0.4, -0.2) is 5.78 Å². The Balaban J connectivity index is 1.57. The van der Waals surface area contributed by atoms with E-state index < -0.39 is 0 Å². The van der Waals surface area contributed by atoms with E-state index in [1.54, 1.807) is 36.4 Å². The number of hydrogen-bond donors (Lipinski definition) is 0. The minimum Gasteiger partial charge on any atom is -0.486 e. The number of hydrogen-bond acceptors (Lipinski definition) is 4. The second-order valence-electron chi connectivity index (χ2n) is 6.70. The number of nitriles is 1. The van der Waals surface area contributed by atoms with Crippen molar-refractivity contribution in [2.24, 2.45) is 0 Å². The van der Waals surface area contributed by atoms with E-state index in [2.05, 4.69) is 19.9 Å². The molecule has 0 aliphatic heterocycles. The van der Waals surface area contributed by atoms with Crippen LogP contribution >= 0.6 is 0 Å². The number of carbonyl (C=O) groups excluding carboxylic acids is 1. The smallest absolute Gasteiger partial charge is 0.185 e. The number of benzene rings is 2. The van der Waals surface area contributed by atoms with Gasteiger partial charge in [-0.25, -0.2) is 0 Å². The largest absolute Gasteiger partial charge is 0.486 e. The fourth-order valence-corrected chi connectivity index (χ4v) is 2.63. The second-order valence-corrected chi connectivity index (χ2v) is 6.70. The van der Waals surface area contributed by atoms with Gasteiger partial charge in [0.05, 0.1) is 11.6 Å². The third kappa shape index (κ3) is 4.99. The summed E-state index contributed by atoms with van der Waals surface area (Å²) >= 11 is 0. The standard InChI is InChI=1S/C24H21NO3/c1-17(2)19-5-7-20(8-6-19)24(26)14-13-22-11-12-23(28-22)16-27-21-9-3-18(15-25)4-10-21/h3-14,17H,16H2,1-2H3/b14-13+. The summed E-state index contributed by atoms with van der Waals surface area (Å²) in [6.07, 6.45) is 3.17. The van der Waals surface area contributed by atoms with Gasteiger partial charge in [0.25, 0.3) is 0 Å². The molecule has 140 valence electrons. The molecule has 0 bridgehead atoms.